The van der Waals surface area contributed by atoms with Gasteiger partial charge < -0.3 is 13.9 Å². The number of hydrogen-bond acceptors (Lipinski definition) is 6. The van der Waals surface area contributed by atoms with E-state index in [0.717, 1.165) is 25.4 Å². The van der Waals surface area contributed by atoms with E-state index in [1.807, 2.05) is 85.1 Å². The number of imidazole rings is 1. The quantitative estimate of drug-likeness (QED) is 0.219. The average Bonchev–Trinajstić information content (AvgIpc) is 3.55. The number of aromatic nitrogens is 3. The van der Waals surface area contributed by atoms with Crippen LogP contribution in [0.3, 0.4) is 0 Å². The highest BCUT2D eigenvalue weighted by Crippen LogP contribution is 2.37. The fourth-order valence-corrected chi connectivity index (χ4v) is 4.90. The number of nitrogens with zero attached hydrogens (tertiary/aromatic N) is 3. The molecular weight excluding hydrogens is 514 g/mol. The van der Waals surface area contributed by atoms with Crippen molar-refractivity contribution in [3.8, 4) is 23.0 Å². The molecule has 0 aliphatic rings. The lowest BCUT2D eigenvalue weighted by atomic mass is 10.2. The molecule has 0 aliphatic carbocycles. The van der Waals surface area contributed by atoms with Gasteiger partial charge in [-0.3, -0.25) is 0 Å². The Bertz CT molecular complexity index is 1540. The zero-order valence-corrected chi connectivity index (χ0v) is 20.3. The van der Waals surface area contributed by atoms with Gasteiger partial charge in [-0.2, -0.15) is 0 Å². The molecule has 0 saturated carbocycles. The van der Waals surface area contributed by atoms with Crippen LogP contribution in [0.1, 0.15) is 11.1 Å². The summed E-state index contributed by atoms with van der Waals surface area (Å²) in [6.45, 7) is 0.895. The lowest BCUT2D eigenvalue weighted by molar-refractivity contribution is 0.292. The van der Waals surface area contributed by atoms with E-state index in [2.05, 4.69) is 26.0 Å². The van der Waals surface area contributed by atoms with Gasteiger partial charge >= 0.3 is 0 Å². The van der Waals surface area contributed by atoms with E-state index < -0.39 is 0 Å². The first-order chi connectivity index (χ1) is 16.7. The van der Waals surface area contributed by atoms with Crippen LogP contribution in [0.15, 0.2) is 93.4 Å². The van der Waals surface area contributed by atoms with Crippen LogP contribution >= 0.6 is 27.3 Å². The zero-order chi connectivity index (χ0) is 22.9. The zero-order valence-electron chi connectivity index (χ0n) is 17.8. The molecule has 0 radical (unpaired) electrons. The number of rotatable bonds is 7. The van der Waals surface area contributed by atoms with Crippen molar-refractivity contribution in [1.82, 2.24) is 14.6 Å². The average molecular weight is 532 g/mol. The Morgan fingerprint density at radius 2 is 1.59 bits per heavy atom. The maximum absolute atomic E-state index is 6.22. The molecule has 0 N–H and O–H groups in total. The molecule has 0 amide bonds. The summed E-state index contributed by atoms with van der Waals surface area (Å²) in [7, 11) is 0. The second-order valence-corrected chi connectivity index (χ2v) is 9.93. The van der Waals surface area contributed by atoms with E-state index in [-0.39, 0.29) is 0 Å². The van der Waals surface area contributed by atoms with E-state index in [0.29, 0.717) is 41.7 Å². The Morgan fingerprint density at radius 1 is 0.882 bits per heavy atom. The van der Waals surface area contributed by atoms with Crippen LogP contribution in [0, 0.1) is 0 Å². The maximum Gasteiger partial charge on any atom is 0.213 e. The third kappa shape index (κ3) is 4.30. The van der Waals surface area contributed by atoms with Gasteiger partial charge in [0.25, 0.3) is 0 Å². The van der Waals surface area contributed by atoms with Gasteiger partial charge in [-0.1, -0.05) is 72.0 Å². The molecule has 0 bridgehead atoms. The van der Waals surface area contributed by atoms with Crippen LogP contribution in [0.5, 0.6) is 11.5 Å². The van der Waals surface area contributed by atoms with Gasteiger partial charge in [-0.15, -0.1) is 5.10 Å². The molecule has 0 unspecified atom stereocenters. The molecule has 0 saturated heterocycles. The Hall–Kier alpha value is -3.62. The van der Waals surface area contributed by atoms with E-state index in [4.69, 9.17) is 13.9 Å². The van der Waals surface area contributed by atoms with Crippen molar-refractivity contribution < 1.29 is 13.9 Å². The van der Waals surface area contributed by atoms with E-state index in [1.165, 1.54) is 11.3 Å². The number of fused-ring (bicyclic) bond motifs is 2. The Kier molecular flexibility index (Phi) is 5.52. The lowest BCUT2D eigenvalue weighted by Crippen LogP contribution is -1.98. The maximum atomic E-state index is 6.22. The van der Waals surface area contributed by atoms with Crippen molar-refractivity contribution in [2.75, 3.05) is 0 Å². The third-order valence-corrected chi connectivity index (χ3v) is 6.68. The molecule has 0 atom stereocenters. The minimum absolute atomic E-state index is 0.441. The molecule has 168 valence electrons. The fraction of sp³-hybridized carbons (Fsp3) is 0.0769. The second kappa shape index (κ2) is 8.96. The number of halogens is 1. The summed E-state index contributed by atoms with van der Waals surface area (Å²) in [5.74, 6) is 2.02. The van der Waals surface area contributed by atoms with Gasteiger partial charge in [0.1, 0.15) is 36.0 Å². The summed E-state index contributed by atoms with van der Waals surface area (Å²) >= 11 is 4.85. The summed E-state index contributed by atoms with van der Waals surface area (Å²) in [6.07, 6.45) is 1.85. The van der Waals surface area contributed by atoms with Gasteiger partial charge in [-0.25, -0.2) is 9.50 Å². The number of ether oxygens (including phenoxy) is 2. The lowest BCUT2D eigenvalue weighted by Gasteiger charge is -2.11. The monoisotopic (exact) mass is 531 g/mol. The SMILES string of the molecule is Brc1nn2cc(-c3cc4c(OCc5ccccc5)cc(OCc5ccccc5)cc4o3)nc2s1. The minimum Gasteiger partial charge on any atom is -0.489 e. The number of furan rings is 1. The molecule has 6 aromatic rings. The topological polar surface area (TPSA) is 61.8 Å². The molecule has 0 spiro atoms. The van der Waals surface area contributed by atoms with Crippen molar-refractivity contribution >= 4 is 43.2 Å². The van der Waals surface area contributed by atoms with Crippen LogP contribution in [0.2, 0.25) is 0 Å². The standard InChI is InChI=1S/C26H18BrN3O3S/c27-25-29-30-14-21(28-26(30)34-25)24-13-20-22(32-16-18-9-5-2-6-10-18)11-19(12-23(20)33-24)31-15-17-7-3-1-4-8-17/h1-14H,15-16H2. The summed E-state index contributed by atoms with van der Waals surface area (Å²) < 4.78 is 21.0. The molecule has 3 aromatic carbocycles. The fourth-order valence-electron chi connectivity index (χ4n) is 3.68. The van der Waals surface area contributed by atoms with Gasteiger partial charge in [0, 0.05) is 12.1 Å². The van der Waals surface area contributed by atoms with Gasteiger partial charge in [0.2, 0.25) is 4.96 Å². The van der Waals surface area contributed by atoms with Crippen LogP contribution in [-0.2, 0) is 13.2 Å². The van der Waals surface area contributed by atoms with Gasteiger partial charge in [0.05, 0.1) is 11.6 Å². The molecule has 0 fully saturated rings. The summed E-state index contributed by atoms with van der Waals surface area (Å²) in [4.78, 5) is 5.43. The Morgan fingerprint density at radius 3 is 2.29 bits per heavy atom. The predicted octanol–water partition coefficient (Wildman–Crippen LogP) is 7.12. The number of hydrogen-bond donors (Lipinski definition) is 0. The summed E-state index contributed by atoms with van der Waals surface area (Å²) in [6, 6.07) is 25.9. The number of benzene rings is 3. The largest absolute Gasteiger partial charge is 0.489 e. The van der Waals surface area contributed by atoms with Gasteiger partial charge in [0.15, 0.2) is 9.68 Å². The van der Waals surface area contributed by atoms with E-state index in [9.17, 15) is 0 Å². The summed E-state index contributed by atoms with van der Waals surface area (Å²) in [5.41, 5.74) is 3.56. The molecule has 3 heterocycles. The first-order valence-corrected chi connectivity index (χ1v) is 12.3. The molecule has 0 aliphatic heterocycles. The molecule has 34 heavy (non-hydrogen) atoms. The van der Waals surface area contributed by atoms with E-state index in [1.54, 1.807) is 4.52 Å². The highest BCUT2D eigenvalue weighted by Gasteiger charge is 2.17. The van der Waals surface area contributed by atoms with Crippen molar-refractivity contribution in [2.24, 2.45) is 0 Å². The smallest absolute Gasteiger partial charge is 0.213 e. The Balaban J connectivity index is 1.35. The first kappa shape index (κ1) is 20.9. The molecule has 8 heteroatoms. The molecule has 3 aromatic heterocycles. The first-order valence-electron chi connectivity index (χ1n) is 10.6. The molecule has 6 nitrogen and oxygen atoms in total. The van der Waals surface area contributed by atoms with Crippen molar-refractivity contribution in [1.29, 1.82) is 0 Å². The van der Waals surface area contributed by atoms with Crippen molar-refractivity contribution in [3.63, 3.8) is 0 Å². The second-order valence-electron chi connectivity index (χ2n) is 7.70. The van der Waals surface area contributed by atoms with Crippen molar-refractivity contribution in [2.45, 2.75) is 13.2 Å². The third-order valence-electron chi connectivity index (χ3n) is 5.33. The highest BCUT2D eigenvalue weighted by molar-refractivity contribution is 9.11. The molecule has 6 rings (SSSR count). The summed E-state index contributed by atoms with van der Waals surface area (Å²) in [5, 5.41) is 5.23. The predicted molar refractivity (Wildman–Crippen MR) is 135 cm³/mol. The highest BCUT2D eigenvalue weighted by atomic mass is 79.9. The van der Waals surface area contributed by atoms with Gasteiger partial charge in [-0.05, 0) is 33.1 Å². The van der Waals surface area contributed by atoms with Crippen LogP contribution in [0.25, 0.3) is 27.4 Å². The Labute approximate surface area is 207 Å². The van der Waals surface area contributed by atoms with Crippen LogP contribution < -0.4 is 9.47 Å². The normalized spacial score (nSPS) is 11.3. The molecular formula is C26H18BrN3O3S. The van der Waals surface area contributed by atoms with E-state index >= 15 is 0 Å². The van der Waals surface area contributed by atoms with Crippen LogP contribution in [-0.4, -0.2) is 14.6 Å². The van der Waals surface area contributed by atoms with Crippen molar-refractivity contribution in [3.05, 3.63) is 100 Å². The minimum atomic E-state index is 0.441. The van der Waals surface area contributed by atoms with Crippen LogP contribution in [0.4, 0.5) is 0 Å².